The van der Waals surface area contributed by atoms with Crippen molar-refractivity contribution in [3.05, 3.63) is 0 Å². The van der Waals surface area contributed by atoms with Crippen LogP contribution in [0.1, 0.15) is 73.6 Å². The fraction of sp³-hybridized carbons (Fsp3) is 1.00. The molecule has 0 aromatic carbocycles. The zero-order valence-electron chi connectivity index (χ0n) is 13.1. The van der Waals surface area contributed by atoms with Gasteiger partial charge in [-0.1, -0.05) is 47.5 Å². The maximum atomic E-state index is 3.59. The third-order valence-electron chi connectivity index (χ3n) is 3.99. The Morgan fingerprint density at radius 1 is 0.824 bits per heavy atom. The van der Waals surface area contributed by atoms with E-state index in [0.29, 0.717) is 6.04 Å². The molecular weight excluding hydrogens is 206 g/mol. The molecule has 0 aromatic heterocycles. The number of nitrogens with one attached hydrogen (secondary N) is 1. The summed E-state index contributed by atoms with van der Waals surface area (Å²) in [4.78, 5) is 0. The molecule has 1 N–H and O–H groups in total. The summed E-state index contributed by atoms with van der Waals surface area (Å²) in [5.74, 6) is 2.62. The molecule has 1 nitrogen and oxygen atoms in total. The lowest BCUT2D eigenvalue weighted by Gasteiger charge is -2.25. The predicted molar refractivity (Wildman–Crippen MR) is 79.4 cm³/mol. The van der Waals surface area contributed by atoms with Gasteiger partial charge < -0.3 is 5.32 Å². The molecule has 1 heteroatoms. The number of rotatable bonds is 10. The van der Waals surface area contributed by atoms with Gasteiger partial charge in [-0.25, -0.2) is 0 Å². The van der Waals surface area contributed by atoms with E-state index >= 15 is 0 Å². The summed E-state index contributed by atoms with van der Waals surface area (Å²) in [5.41, 5.74) is 0. The van der Waals surface area contributed by atoms with Gasteiger partial charge in [0.1, 0.15) is 0 Å². The Morgan fingerprint density at radius 3 is 2.00 bits per heavy atom. The molecular formula is C16H35N. The molecule has 0 bridgehead atoms. The number of hydrogen-bond donors (Lipinski definition) is 1. The Labute approximate surface area is 110 Å². The molecule has 104 valence electrons. The minimum Gasteiger partial charge on any atom is -0.314 e. The van der Waals surface area contributed by atoms with Gasteiger partial charge >= 0.3 is 0 Å². The Bertz CT molecular complexity index is 167. The summed E-state index contributed by atoms with van der Waals surface area (Å²) in [5, 5.41) is 3.59. The van der Waals surface area contributed by atoms with E-state index < -0.39 is 0 Å². The summed E-state index contributed by atoms with van der Waals surface area (Å²) < 4.78 is 0. The Morgan fingerprint density at radius 2 is 1.47 bits per heavy atom. The fourth-order valence-corrected chi connectivity index (χ4v) is 2.78. The van der Waals surface area contributed by atoms with Crippen LogP contribution in [0.5, 0.6) is 0 Å². The van der Waals surface area contributed by atoms with Crippen molar-refractivity contribution in [1.29, 1.82) is 0 Å². The lowest BCUT2D eigenvalue weighted by Crippen LogP contribution is -2.29. The predicted octanol–water partition coefficient (Wildman–Crippen LogP) is 4.86. The molecule has 0 aliphatic carbocycles. The quantitative estimate of drug-likeness (QED) is 0.576. The van der Waals surface area contributed by atoms with Crippen LogP contribution in [0, 0.1) is 17.8 Å². The third-order valence-corrected chi connectivity index (χ3v) is 3.99. The molecule has 0 fully saturated rings. The third kappa shape index (κ3) is 8.65. The van der Waals surface area contributed by atoms with Crippen LogP contribution in [0.15, 0.2) is 0 Å². The highest BCUT2D eigenvalue weighted by Gasteiger charge is 2.16. The van der Waals surface area contributed by atoms with Gasteiger partial charge in [0, 0.05) is 6.04 Å². The van der Waals surface area contributed by atoms with E-state index in [4.69, 9.17) is 0 Å². The molecule has 0 saturated heterocycles. The van der Waals surface area contributed by atoms with Crippen LogP contribution in [-0.2, 0) is 0 Å². The molecule has 4 unspecified atom stereocenters. The van der Waals surface area contributed by atoms with Gasteiger partial charge in [-0.2, -0.15) is 0 Å². The zero-order valence-corrected chi connectivity index (χ0v) is 13.1. The smallest absolute Gasteiger partial charge is 0.00412 e. The minimum absolute atomic E-state index is 0.679. The maximum absolute atomic E-state index is 3.59. The molecule has 0 heterocycles. The van der Waals surface area contributed by atoms with Crippen LogP contribution in [0.2, 0.25) is 0 Å². The van der Waals surface area contributed by atoms with Crippen molar-refractivity contribution in [3.63, 3.8) is 0 Å². The van der Waals surface area contributed by atoms with E-state index in [1.165, 1.54) is 32.1 Å². The first-order valence-electron chi connectivity index (χ1n) is 7.74. The molecule has 17 heavy (non-hydrogen) atoms. The van der Waals surface area contributed by atoms with Crippen LogP contribution in [0.4, 0.5) is 0 Å². The van der Waals surface area contributed by atoms with Crippen molar-refractivity contribution in [2.75, 3.05) is 6.54 Å². The normalized spacial score (nSPS) is 18.7. The fourth-order valence-electron chi connectivity index (χ4n) is 2.78. The molecule has 0 aromatic rings. The highest BCUT2D eigenvalue weighted by molar-refractivity contribution is 4.70. The summed E-state index contributed by atoms with van der Waals surface area (Å²) >= 11 is 0. The van der Waals surface area contributed by atoms with Gasteiger partial charge in [-0.05, 0) is 50.5 Å². The molecule has 0 rings (SSSR count). The molecule has 0 aliphatic heterocycles. The molecule has 0 spiro atoms. The van der Waals surface area contributed by atoms with Crippen LogP contribution >= 0.6 is 0 Å². The molecule has 0 radical (unpaired) electrons. The second-order valence-electron chi connectivity index (χ2n) is 6.17. The largest absolute Gasteiger partial charge is 0.314 e. The topological polar surface area (TPSA) is 12.0 Å². The first kappa shape index (κ1) is 17.0. The molecule has 0 saturated carbocycles. The van der Waals surface area contributed by atoms with Crippen molar-refractivity contribution in [1.82, 2.24) is 5.32 Å². The van der Waals surface area contributed by atoms with Crippen LogP contribution in [0.3, 0.4) is 0 Å². The lowest BCUT2D eigenvalue weighted by molar-refractivity contribution is 0.277. The van der Waals surface area contributed by atoms with E-state index in [0.717, 1.165) is 24.3 Å². The van der Waals surface area contributed by atoms with Gasteiger partial charge in [0.15, 0.2) is 0 Å². The SMILES string of the molecule is CCCNC(C)CC(C)CC(C)C(C)CCC. The van der Waals surface area contributed by atoms with Crippen molar-refractivity contribution >= 4 is 0 Å². The van der Waals surface area contributed by atoms with Crippen LogP contribution in [-0.4, -0.2) is 12.6 Å². The van der Waals surface area contributed by atoms with E-state index in [1.807, 2.05) is 0 Å². The summed E-state index contributed by atoms with van der Waals surface area (Å²) in [7, 11) is 0. The molecule has 0 aliphatic rings. The Hall–Kier alpha value is -0.0400. The average molecular weight is 241 g/mol. The highest BCUT2D eigenvalue weighted by atomic mass is 14.9. The van der Waals surface area contributed by atoms with E-state index in [9.17, 15) is 0 Å². The maximum Gasteiger partial charge on any atom is 0.00412 e. The Balaban J connectivity index is 3.79. The van der Waals surface area contributed by atoms with Crippen molar-refractivity contribution in [2.45, 2.75) is 79.7 Å². The first-order chi connectivity index (χ1) is 8.01. The second kappa shape index (κ2) is 9.94. The van der Waals surface area contributed by atoms with Gasteiger partial charge in [-0.15, -0.1) is 0 Å². The second-order valence-corrected chi connectivity index (χ2v) is 6.17. The monoisotopic (exact) mass is 241 g/mol. The highest BCUT2D eigenvalue weighted by Crippen LogP contribution is 2.25. The number of hydrogen-bond acceptors (Lipinski definition) is 1. The Kier molecular flexibility index (Phi) is 9.91. The van der Waals surface area contributed by atoms with Crippen LogP contribution in [0.25, 0.3) is 0 Å². The summed E-state index contributed by atoms with van der Waals surface area (Å²) in [6.07, 6.45) is 6.66. The average Bonchev–Trinajstić information content (AvgIpc) is 2.26. The van der Waals surface area contributed by atoms with E-state index in [-0.39, 0.29) is 0 Å². The van der Waals surface area contributed by atoms with Gasteiger partial charge in [0.2, 0.25) is 0 Å². The minimum atomic E-state index is 0.679. The first-order valence-corrected chi connectivity index (χ1v) is 7.74. The van der Waals surface area contributed by atoms with Gasteiger partial charge in [0.25, 0.3) is 0 Å². The van der Waals surface area contributed by atoms with Crippen molar-refractivity contribution in [2.24, 2.45) is 17.8 Å². The molecule has 4 atom stereocenters. The van der Waals surface area contributed by atoms with Crippen LogP contribution < -0.4 is 5.32 Å². The van der Waals surface area contributed by atoms with E-state index in [2.05, 4.69) is 46.9 Å². The van der Waals surface area contributed by atoms with Gasteiger partial charge in [-0.3, -0.25) is 0 Å². The molecule has 0 amide bonds. The van der Waals surface area contributed by atoms with Crippen molar-refractivity contribution < 1.29 is 0 Å². The zero-order chi connectivity index (χ0) is 13.3. The standard InChI is InChI=1S/C16H35N/c1-7-9-14(4)15(5)11-13(3)12-16(6)17-10-8-2/h13-17H,7-12H2,1-6H3. The summed E-state index contributed by atoms with van der Waals surface area (Å²) in [6.45, 7) is 15.3. The summed E-state index contributed by atoms with van der Waals surface area (Å²) in [6, 6.07) is 0.679. The lowest BCUT2D eigenvalue weighted by atomic mass is 9.83. The van der Waals surface area contributed by atoms with Gasteiger partial charge in [0.05, 0.1) is 0 Å². The van der Waals surface area contributed by atoms with E-state index in [1.54, 1.807) is 0 Å². The van der Waals surface area contributed by atoms with Crippen molar-refractivity contribution in [3.8, 4) is 0 Å².